The third kappa shape index (κ3) is 7.26. The van der Waals surface area contributed by atoms with Crippen molar-refractivity contribution >= 4 is 22.8 Å². The molecule has 3 amide bonds. The molecule has 194 valence electrons. The molecule has 0 saturated heterocycles. The first-order valence-electron chi connectivity index (χ1n) is 12.1. The van der Waals surface area contributed by atoms with Crippen LogP contribution in [0.1, 0.15) is 37.5 Å². The number of alkyl halides is 3. The van der Waals surface area contributed by atoms with Crippen LogP contribution in [-0.2, 0) is 23.9 Å². The maximum Gasteiger partial charge on any atom is 0.416 e. The standard InChI is InChI=1S/C27H33F3N4O2/c1-4-31-26(36)34(16-19(2)3)18-25(35)33(17-20-9-11-22(12-10-20)27(28,29)30)14-13-21-15-32-24-8-6-5-7-23(21)24/h5-12,15,19,32H,4,13-14,16-18H2,1-3H3,(H,31,36). The second-order valence-electron chi connectivity index (χ2n) is 9.23. The van der Waals surface area contributed by atoms with E-state index >= 15 is 0 Å². The Labute approximate surface area is 209 Å². The highest BCUT2D eigenvalue weighted by Gasteiger charge is 2.30. The lowest BCUT2D eigenvalue weighted by molar-refractivity contribution is -0.137. The minimum Gasteiger partial charge on any atom is -0.361 e. The van der Waals surface area contributed by atoms with Crippen LogP contribution in [-0.4, -0.2) is 52.9 Å². The quantitative estimate of drug-likeness (QED) is 0.387. The average Bonchev–Trinajstić information content (AvgIpc) is 3.24. The van der Waals surface area contributed by atoms with Crippen molar-refractivity contribution in [2.45, 2.75) is 39.9 Å². The normalized spacial score (nSPS) is 11.6. The number of nitrogens with one attached hydrogen (secondary N) is 2. The Morgan fingerprint density at radius 1 is 1.03 bits per heavy atom. The number of halogens is 3. The number of benzene rings is 2. The number of para-hydroxylation sites is 1. The topological polar surface area (TPSA) is 68.4 Å². The van der Waals surface area contributed by atoms with E-state index in [1.54, 1.807) is 4.90 Å². The van der Waals surface area contributed by atoms with Crippen molar-refractivity contribution in [3.8, 4) is 0 Å². The van der Waals surface area contributed by atoms with Gasteiger partial charge in [0.1, 0.15) is 6.54 Å². The highest BCUT2D eigenvalue weighted by atomic mass is 19.4. The summed E-state index contributed by atoms with van der Waals surface area (Å²) in [7, 11) is 0. The van der Waals surface area contributed by atoms with Gasteiger partial charge in [0.2, 0.25) is 5.91 Å². The van der Waals surface area contributed by atoms with Crippen molar-refractivity contribution in [3.05, 3.63) is 71.4 Å². The molecule has 2 N–H and O–H groups in total. The zero-order chi connectivity index (χ0) is 26.3. The van der Waals surface area contributed by atoms with Gasteiger partial charge in [-0.25, -0.2) is 4.79 Å². The number of urea groups is 1. The van der Waals surface area contributed by atoms with E-state index in [9.17, 15) is 22.8 Å². The number of nitrogens with zero attached hydrogens (tertiary/aromatic N) is 2. The maximum absolute atomic E-state index is 13.4. The molecule has 2 aromatic carbocycles. The molecule has 0 saturated carbocycles. The van der Waals surface area contributed by atoms with Gasteiger partial charge in [-0.05, 0) is 48.6 Å². The fraction of sp³-hybridized carbons (Fsp3) is 0.407. The number of carbonyl (C=O) groups is 2. The van der Waals surface area contributed by atoms with Gasteiger partial charge >= 0.3 is 12.2 Å². The van der Waals surface area contributed by atoms with E-state index in [2.05, 4.69) is 10.3 Å². The van der Waals surface area contributed by atoms with Gasteiger partial charge in [-0.15, -0.1) is 0 Å². The molecule has 3 aromatic rings. The number of H-pyrrole nitrogens is 1. The van der Waals surface area contributed by atoms with Crippen LogP contribution in [0.15, 0.2) is 54.7 Å². The van der Waals surface area contributed by atoms with Crippen LogP contribution in [0.3, 0.4) is 0 Å². The van der Waals surface area contributed by atoms with E-state index in [1.807, 2.05) is 51.2 Å². The lowest BCUT2D eigenvalue weighted by atomic mass is 10.1. The summed E-state index contributed by atoms with van der Waals surface area (Å²) in [5.74, 6) is -0.100. The summed E-state index contributed by atoms with van der Waals surface area (Å²) in [6, 6.07) is 12.4. The molecular weight excluding hydrogens is 469 g/mol. The first-order chi connectivity index (χ1) is 17.1. The van der Waals surface area contributed by atoms with Crippen LogP contribution in [0.4, 0.5) is 18.0 Å². The van der Waals surface area contributed by atoms with Gasteiger partial charge in [0.15, 0.2) is 0 Å². The van der Waals surface area contributed by atoms with Crippen molar-refractivity contribution in [3.63, 3.8) is 0 Å². The maximum atomic E-state index is 13.4. The molecule has 0 radical (unpaired) electrons. The number of hydrogen-bond donors (Lipinski definition) is 2. The summed E-state index contributed by atoms with van der Waals surface area (Å²) in [5, 5.41) is 3.80. The predicted octanol–water partition coefficient (Wildman–Crippen LogP) is 5.45. The van der Waals surface area contributed by atoms with Gasteiger partial charge in [0.25, 0.3) is 0 Å². The highest BCUT2D eigenvalue weighted by molar-refractivity contribution is 5.85. The smallest absolute Gasteiger partial charge is 0.361 e. The third-order valence-corrected chi connectivity index (χ3v) is 5.86. The fourth-order valence-corrected chi connectivity index (χ4v) is 4.09. The number of amides is 3. The van der Waals surface area contributed by atoms with Crippen molar-refractivity contribution in [1.29, 1.82) is 0 Å². The number of hydrogen-bond acceptors (Lipinski definition) is 2. The van der Waals surface area contributed by atoms with Gasteiger partial charge in [0.05, 0.1) is 5.56 Å². The first-order valence-corrected chi connectivity index (χ1v) is 12.1. The highest BCUT2D eigenvalue weighted by Crippen LogP contribution is 2.29. The van der Waals surface area contributed by atoms with Gasteiger partial charge < -0.3 is 20.1 Å². The van der Waals surface area contributed by atoms with E-state index in [-0.39, 0.29) is 30.9 Å². The summed E-state index contributed by atoms with van der Waals surface area (Å²) in [5.41, 5.74) is 1.89. The van der Waals surface area contributed by atoms with Crippen LogP contribution in [0, 0.1) is 5.92 Å². The Morgan fingerprint density at radius 3 is 2.36 bits per heavy atom. The van der Waals surface area contributed by atoms with Crippen LogP contribution in [0.5, 0.6) is 0 Å². The lowest BCUT2D eigenvalue weighted by Crippen LogP contribution is -2.48. The largest absolute Gasteiger partial charge is 0.416 e. The van der Waals surface area contributed by atoms with E-state index in [1.165, 1.54) is 17.0 Å². The van der Waals surface area contributed by atoms with Crippen LogP contribution in [0.2, 0.25) is 0 Å². The second-order valence-corrected chi connectivity index (χ2v) is 9.23. The average molecular weight is 503 g/mol. The summed E-state index contributed by atoms with van der Waals surface area (Å²) >= 11 is 0. The molecule has 6 nitrogen and oxygen atoms in total. The van der Waals surface area contributed by atoms with Gasteiger partial charge in [-0.2, -0.15) is 13.2 Å². The zero-order valence-corrected chi connectivity index (χ0v) is 20.9. The number of rotatable bonds is 10. The third-order valence-electron chi connectivity index (χ3n) is 5.86. The summed E-state index contributed by atoms with van der Waals surface area (Å²) in [4.78, 5) is 32.3. The van der Waals surface area contributed by atoms with Gasteiger partial charge in [-0.1, -0.05) is 44.2 Å². The zero-order valence-electron chi connectivity index (χ0n) is 20.9. The number of carbonyl (C=O) groups excluding carboxylic acids is 2. The van der Waals surface area contributed by atoms with Crippen LogP contribution >= 0.6 is 0 Å². The molecule has 0 aliphatic heterocycles. The van der Waals surface area contributed by atoms with E-state index in [0.717, 1.165) is 28.6 Å². The molecular formula is C27H33F3N4O2. The molecule has 3 rings (SSSR count). The molecule has 0 atom stereocenters. The SMILES string of the molecule is CCNC(=O)N(CC(=O)N(CCc1c[nH]c2ccccc12)Cc1ccc(C(F)(F)F)cc1)CC(C)C. The molecule has 1 heterocycles. The monoisotopic (exact) mass is 502 g/mol. The van der Waals surface area contributed by atoms with Crippen LogP contribution < -0.4 is 5.32 Å². The Bertz CT molecular complexity index is 1160. The summed E-state index contributed by atoms with van der Waals surface area (Å²) in [6.07, 6.45) is -1.96. The predicted molar refractivity (Wildman–Crippen MR) is 134 cm³/mol. The second kappa shape index (κ2) is 12.0. The Kier molecular flexibility index (Phi) is 9.01. The van der Waals surface area contributed by atoms with Gasteiger partial charge in [-0.3, -0.25) is 4.79 Å². The molecule has 0 aliphatic rings. The van der Waals surface area contributed by atoms with E-state index in [4.69, 9.17) is 0 Å². The number of aromatic amines is 1. The lowest BCUT2D eigenvalue weighted by Gasteiger charge is -2.29. The van der Waals surface area contributed by atoms with E-state index < -0.39 is 11.7 Å². The number of aromatic nitrogens is 1. The van der Waals surface area contributed by atoms with E-state index in [0.29, 0.717) is 31.6 Å². The number of fused-ring (bicyclic) bond motifs is 1. The molecule has 0 unspecified atom stereocenters. The fourth-order valence-electron chi connectivity index (χ4n) is 4.09. The van der Waals surface area contributed by atoms with Crippen LogP contribution in [0.25, 0.3) is 10.9 Å². The van der Waals surface area contributed by atoms with Crippen molar-refractivity contribution < 1.29 is 22.8 Å². The molecule has 0 spiro atoms. The summed E-state index contributed by atoms with van der Waals surface area (Å²) < 4.78 is 39.0. The minimum atomic E-state index is -4.42. The Morgan fingerprint density at radius 2 is 1.72 bits per heavy atom. The van der Waals surface area contributed by atoms with Crippen molar-refractivity contribution in [2.75, 3.05) is 26.2 Å². The molecule has 0 fully saturated rings. The molecule has 0 bridgehead atoms. The first kappa shape index (κ1) is 27.1. The molecule has 0 aliphatic carbocycles. The molecule has 1 aromatic heterocycles. The Balaban J connectivity index is 1.81. The van der Waals surface area contributed by atoms with Crippen molar-refractivity contribution in [2.24, 2.45) is 5.92 Å². The van der Waals surface area contributed by atoms with Crippen molar-refractivity contribution in [1.82, 2.24) is 20.1 Å². The Hall–Kier alpha value is -3.49. The summed E-state index contributed by atoms with van der Waals surface area (Å²) in [6.45, 7) is 6.98. The minimum absolute atomic E-state index is 0.113. The molecule has 9 heteroatoms. The molecule has 36 heavy (non-hydrogen) atoms. The van der Waals surface area contributed by atoms with Gasteiger partial charge in [0, 0.05) is 43.3 Å².